The van der Waals surface area contributed by atoms with Crippen molar-refractivity contribution in [2.45, 2.75) is 19.4 Å². The van der Waals surface area contributed by atoms with Gasteiger partial charge in [-0.15, -0.1) is 0 Å². The predicted octanol–water partition coefficient (Wildman–Crippen LogP) is 2.41. The average molecular weight is 248 g/mol. The summed E-state index contributed by atoms with van der Waals surface area (Å²) >= 11 is 0. The molecule has 0 heterocycles. The Morgan fingerprint density at radius 3 is 2.72 bits per heavy atom. The van der Waals surface area contributed by atoms with Crippen LogP contribution in [0.3, 0.4) is 0 Å². The van der Waals surface area contributed by atoms with Crippen molar-refractivity contribution < 1.29 is 9.90 Å². The molecule has 0 spiro atoms. The van der Waals surface area contributed by atoms with E-state index in [-0.39, 0.29) is 0 Å². The molecule has 0 aromatic heterocycles. The average Bonchev–Trinajstić information content (AvgIpc) is 2.35. The van der Waals surface area contributed by atoms with Crippen molar-refractivity contribution in [3.63, 3.8) is 0 Å². The lowest BCUT2D eigenvalue weighted by Crippen LogP contribution is -2.29. The summed E-state index contributed by atoms with van der Waals surface area (Å²) in [7, 11) is 0. The molecule has 0 aliphatic carbocycles. The highest BCUT2D eigenvalue weighted by Crippen LogP contribution is 2.14. The van der Waals surface area contributed by atoms with Gasteiger partial charge >= 0.3 is 5.97 Å². The van der Waals surface area contributed by atoms with Gasteiger partial charge in [-0.1, -0.05) is 34.9 Å². The zero-order chi connectivity index (χ0) is 13.4. The molecule has 0 aliphatic heterocycles. The third-order valence-corrected chi connectivity index (χ3v) is 2.50. The molecule has 0 bridgehead atoms. The van der Waals surface area contributed by atoms with Gasteiger partial charge in [0.05, 0.1) is 0 Å². The number of aliphatic carboxylic acids is 1. The standard InChI is InChI=1S/C12H16N4O2/c1-9-3-5-10(6-4-9)11(12(17)18)14-7-2-8-15-16-13/h3-6,11,14H,2,7-8H2,1H3,(H,17,18). The van der Waals surface area contributed by atoms with E-state index in [4.69, 9.17) is 10.6 Å². The van der Waals surface area contributed by atoms with Crippen LogP contribution in [-0.2, 0) is 4.79 Å². The van der Waals surface area contributed by atoms with Crippen LogP contribution in [0.5, 0.6) is 0 Å². The lowest BCUT2D eigenvalue weighted by Gasteiger charge is -2.14. The largest absolute Gasteiger partial charge is 0.480 e. The number of nitrogens with one attached hydrogen (secondary N) is 1. The Morgan fingerprint density at radius 1 is 1.50 bits per heavy atom. The minimum absolute atomic E-state index is 0.365. The number of nitrogens with zero attached hydrogens (tertiary/aromatic N) is 3. The van der Waals surface area contributed by atoms with E-state index in [1.807, 2.05) is 19.1 Å². The van der Waals surface area contributed by atoms with E-state index < -0.39 is 12.0 Å². The highest BCUT2D eigenvalue weighted by Gasteiger charge is 2.18. The van der Waals surface area contributed by atoms with Crippen molar-refractivity contribution in [3.8, 4) is 0 Å². The monoisotopic (exact) mass is 248 g/mol. The number of benzene rings is 1. The first-order chi connectivity index (χ1) is 8.65. The summed E-state index contributed by atoms with van der Waals surface area (Å²) in [5.74, 6) is -0.914. The van der Waals surface area contributed by atoms with Crippen LogP contribution in [-0.4, -0.2) is 24.2 Å². The number of carboxylic acid groups (broad SMARTS) is 1. The Labute approximate surface area is 105 Å². The lowest BCUT2D eigenvalue weighted by molar-refractivity contribution is -0.139. The molecule has 0 fully saturated rings. The zero-order valence-corrected chi connectivity index (χ0v) is 10.2. The van der Waals surface area contributed by atoms with Crippen LogP contribution in [0, 0.1) is 6.92 Å². The van der Waals surface area contributed by atoms with Crippen LogP contribution >= 0.6 is 0 Å². The molecule has 0 aliphatic rings. The third kappa shape index (κ3) is 4.45. The third-order valence-electron chi connectivity index (χ3n) is 2.50. The van der Waals surface area contributed by atoms with E-state index in [0.717, 1.165) is 11.1 Å². The fourth-order valence-corrected chi connectivity index (χ4v) is 1.55. The van der Waals surface area contributed by atoms with Crippen molar-refractivity contribution in [2.75, 3.05) is 13.1 Å². The summed E-state index contributed by atoms with van der Waals surface area (Å²) in [6.07, 6.45) is 0.611. The first-order valence-electron chi connectivity index (χ1n) is 5.68. The number of carboxylic acids is 1. The maximum atomic E-state index is 11.2. The van der Waals surface area contributed by atoms with E-state index >= 15 is 0 Å². The van der Waals surface area contributed by atoms with Gasteiger partial charge in [-0.25, -0.2) is 0 Å². The summed E-state index contributed by atoms with van der Waals surface area (Å²) in [4.78, 5) is 13.8. The first-order valence-corrected chi connectivity index (χ1v) is 5.68. The zero-order valence-electron chi connectivity index (χ0n) is 10.2. The van der Waals surface area contributed by atoms with Crippen LogP contribution in [0.1, 0.15) is 23.6 Å². The fourth-order valence-electron chi connectivity index (χ4n) is 1.55. The van der Waals surface area contributed by atoms with Crippen LogP contribution in [0.2, 0.25) is 0 Å². The molecule has 0 saturated heterocycles. The molecule has 0 amide bonds. The number of rotatable bonds is 7. The second-order valence-corrected chi connectivity index (χ2v) is 3.94. The van der Waals surface area contributed by atoms with Crippen LogP contribution in [0.15, 0.2) is 29.4 Å². The summed E-state index contributed by atoms with van der Waals surface area (Å²) in [6.45, 7) is 2.81. The van der Waals surface area contributed by atoms with Crippen molar-refractivity contribution in [1.82, 2.24) is 5.32 Å². The van der Waals surface area contributed by atoms with Gasteiger partial charge in [0, 0.05) is 11.5 Å². The topological polar surface area (TPSA) is 98.1 Å². The summed E-state index contributed by atoms with van der Waals surface area (Å²) in [5, 5.41) is 15.5. The Morgan fingerprint density at radius 2 is 2.17 bits per heavy atom. The summed E-state index contributed by atoms with van der Waals surface area (Å²) < 4.78 is 0. The Kier molecular flexibility index (Phi) is 5.70. The van der Waals surface area contributed by atoms with Gasteiger partial charge in [-0.3, -0.25) is 4.79 Å². The second kappa shape index (κ2) is 7.32. The quantitative estimate of drug-likeness (QED) is 0.335. The Balaban J connectivity index is 2.57. The number of hydrogen-bond donors (Lipinski definition) is 2. The molecule has 1 aromatic rings. The number of carbonyl (C=O) groups is 1. The molecule has 6 nitrogen and oxygen atoms in total. The molecule has 1 rings (SSSR count). The maximum Gasteiger partial charge on any atom is 0.325 e. The van der Waals surface area contributed by atoms with E-state index in [1.54, 1.807) is 12.1 Å². The molecule has 1 unspecified atom stereocenters. The predicted molar refractivity (Wildman–Crippen MR) is 68.2 cm³/mol. The molecule has 18 heavy (non-hydrogen) atoms. The molecular weight excluding hydrogens is 232 g/mol. The van der Waals surface area contributed by atoms with Crippen molar-refractivity contribution in [1.29, 1.82) is 0 Å². The van der Waals surface area contributed by atoms with E-state index in [2.05, 4.69) is 15.3 Å². The number of hydrogen-bond acceptors (Lipinski definition) is 3. The fraction of sp³-hybridized carbons (Fsp3) is 0.417. The van der Waals surface area contributed by atoms with Crippen molar-refractivity contribution in [3.05, 3.63) is 45.8 Å². The minimum Gasteiger partial charge on any atom is -0.480 e. The number of aryl methyl sites for hydroxylation is 1. The smallest absolute Gasteiger partial charge is 0.325 e. The summed E-state index contributed by atoms with van der Waals surface area (Å²) in [5.41, 5.74) is 9.92. The molecule has 1 atom stereocenters. The molecule has 96 valence electrons. The molecule has 2 N–H and O–H groups in total. The maximum absolute atomic E-state index is 11.2. The van der Waals surface area contributed by atoms with Gasteiger partial charge in [0.1, 0.15) is 6.04 Å². The lowest BCUT2D eigenvalue weighted by atomic mass is 10.1. The normalized spacial score (nSPS) is 11.6. The Bertz CT molecular complexity index is 438. The van der Waals surface area contributed by atoms with Crippen LogP contribution in [0.25, 0.3) is 10.4 Å². The highest BCUT2D eigenvalue weighted by molar-refractivity contribution is 5.75. The second-order valence-electron chi connectivity index (χ2n) is 3.94. The molecule has 6 heteroatoms. The highest BCUT2D eigenvalue weighted by atomic mass is 16.4. The minimum atomic E-state index is -0.914. The van der Waals surface area contributed by atoms with Gasteiger partial charge in [0.15, 0.2) is 0 Å². The molecule has 1 aromatic carbocycles. The van der Waals surface area contributed by atoms with Gasteiger partial charge in [0.2, 0.25) is 0 Å². The van der Waals surface area contributed by atoms with E-state index in [9.17, 15) is 4.79 Å². The van der Waals surface area contributed by atoms with E-state index in [0.29, 0.717) is 19.5 Å². The molecule has 0 saturated carbocycles. The Hall–Kier alpha value is -2.04. The summed E-state index contributed by atoms with van der Waals surface area (Å²) in [6, 6.07) is 6.64. The van der Waals surface area contributed by atoms with Crippen LogP contribution < -0.4 is 5.32 Å². The van der Waals surface area contributed by atoms with Crippen molar-refractivity contribution in [2.24, 2.45) is 5.11 Å². The van der Waals surface area contributed by atoms with Crippen molar-refractivity contribution >= 4 is 5.97 Å². The molecular formula is C12H16N4O2. The van der Waals surface area contributed by atoms with Gasteiger partial charge in [0.25, 0.3) is 0 Å². The SMILES string of the molecule is Cc1ccc(C(NCCCN=[N+]=[N-])C(=O)O)cc1. The van der Waals surface area contributed by atoms with Gasteiger partial charge in [-0.05, 0) is 31.0 Å². The molecule has 0 radical (unpaired) electrons. The van der Waals surface area contributed by atoms with Gasteiger partial charge in [-0.2, -0.15) is 0 Å². The first kappa shape index (κ1) is 14.0. The van der Waals surface area contributed by atoms with Gasteiger partial charge < -0.3 is 10.4 Å². The number of azide groups is 1. The van der Waals surface area contributed by atoms with E-state index in [1.165, 1.54) is 0 Å². The van der Waals surface area contributed by atoms with Crippen LogP contribution in [0.4, 0.5) is 0 Å².